The van der Waals surface area contributed by atoms with E-state index in [1.54, 1.807) is 22.9 Å². The van der Waals surface area contributed by atoms with Gasteiger partial charge in [0.05, 0.1) is 17.7 Å². The van der Waals surface area contributed by atoms with Gasteiger partial charge in [-0.3, -0.25) is 4.79 Å². The Hall–Kier alpha value is -3.92. The number of carboxylic acid groups (broad SMARTS) is 1. The molecular formula is C22H19N5O4S. The summed E-state index contributed by atoms with van der Waals surface area (Å²) in [5.74, 6) is -0.903. The van der Waals surface area contributed by atoms with Crippen molar-refractivity contribution in [2.75, 3.05) is 0 Å². The predicted octanol–water partition coefficient (Wildman–Crippen LogP) is 3.42. The van der Waals surface area contributed by atoms with E-state index in [1.807, 2.05) is 31.2 Å². The third-order valence-corrected chi connectivity index (χ3v) is 5.65. The third-order valence-electron chi connectivity index (χ3n) is 4.56. The van der Waals surface area contributed by atoms with Gasteiger partial charge in [-0.05, 0) is 36.2 Å². The number of hydrogen-bond acceptors (Lipinski definition) is 7. The van der Waals surface area contributed by atoms with Crippen LogP contribution in [0.2, 0.25) is 0 Å². The molecule has 0 aliphatic heterocycles. The molecule has 2 aromatic carbocycles. The van der Waals surface area contributed by atoms with E-state index in [0.29, 0.717) is 22.5 Å². The molecule has 0 saturated carbocycles. The molecule has 0 spiro atoms. The van der Waals surface area contributed by atoms with E-state index >= 15 is 0 Å². The van der Waals surface area contributed by atoms with E-state index in [2.05, 4.69) is 20.3 Å². The van der Waals surface area contributed by atoms with Crippen LogP contribution in [-0.4, -0.2) is 37.0 Å². The molecule has 0 atom stereocenters. The summed E-state index contributed by atoms with van der Waals surface area (Å²) in [6.07, 6.45) is 0.765. The molecule has 0 aliphatic carbocycles. The summed E-state index contributed by atoms with van der Waals surface area (Å²) < 4.78 is 7.45. The minimum Gasteiger partial charge on any atom is -0.478 e. The van der Waals surface area contributed by atoms with Gasteiger partial charge in [-0.2, -0.15) is 10.1 Å². The van der Waals surface area contributed by atoms with E-state index in [1.165, 1.54) is 24.3 Å². The molecule has 4 rings (SSSR count). The second kappa shape index (κ2) is 9.06. The van der Waals surface area contributed by atoms with Crippen molar-refractivity contribution in [3.63, 3.8) is 0 Å². The fraction of sp³-hybridized carbons (Fsp3) is 0.182. The average molecular weight is 449 g/mol. The average Bonchev–Trinajstić information content (AvgIpc) is 3.41. The van der Waals surface area contributed by atoms with Crippen LogP contribution in [0.25, 0.3) is 22.9 Å². The van der Waals surface area contributed by atoms with E-state index < -0.39 is 5.97 Å². The molecule has 0 saturated heterocycles. The van der Waals surface area contributed by atoms with Gasteiger partial charge >= 0.3 is 5.97 Å². The first kappa shape index (κ1) is 21.3. The summed E-state index contributed by atoms with van der Waals surface area (Å²) in [7, 11) is 0. The van der Waals surface area contributed by atoms with Gasteiger partial charge in [-0.25, -0.2) is 9.48 Å². The number of amides is 1. The quantitative estimate of drug-likeness (QED) is 0.478. The molecule has 0 aliphatic rings. The number of hydrogen-bond donors (Lipinski definition) is 1. The van der Waals surface area contributed by atoms with Crippen LogP contribution in [0.5, 0.6) is 0 Å². The van der Waals surface area contributed by atoms with Crippen molar-refractivity contribution >= 4 is 23.2 Å². The summed E-state index contributed by atoms with van der Waals surface area (Å²) in [6, 6.07) is 14.0. The lowest BCUT2D eigenvalue weighted by Gasteiger charge is -2.03. The van der Waals surface area contributed by atoms with Crippen molar-refractivity contribution in [1.82, 2.24) is 20.0 Å². The minimum absolute atomic E-state index is 0.0940. The maximum atomic E-state index is 11.4. The van der Waals surface area contributed by atoms with E-state index in [0.717, 1.165) is 17.0 Å². The normalized spacial score (nSPS) is 11.6. The summed E-state index contributed by atoms with van der Waals surface area (Å²) in [6.45, 7) is 3.88. The Morgan fingerprint density at radius 1 is 1.09 bits per heavy atom. The molecule has 0 radical (unpaired) electrons. The van der Waals surface area contributed by atoms with Crippen molar-refractivity contribution in [2.24, 2.45) is 4.99 Å². The Bertz CT molecular complexity index is 1350. The second-order valence-corrected chi connectivity index (χ2v) is 7.92. The molecule has 1 amide bonds. The monoisotopic (exact) mass is 449 g/mol. The van der Waals surface area contributed by atoms with Crippen molar-refractivity contribution in [3.05, 3.63) is 69.5 Å². The molecule has 0 unspecified atom stereocenters. The van der Waals surface area contributed by atoms with Gasteiger partial charge in [-0.1, -0.05) is 42.5 Å². The number of carbonyl (C=O) groups excluding carboxylic acids is 1. The molecule has 2 heterocycles. The smallest absolute Gasteiger partial charge is 0.336 e. The van der Waals surface area contributed by atoms with Gasteiger partial charge in [0.15, 0.2) is 0 Å². The fourth-order valence-electron chi connectivity index (χ4n) is 3.05. The molecule has 4 aromatic rings. The van der Waals surface area contributed by atoms with Crippen LogP contribution < -0.4 is 4.80 Å². The number of carboxylic acids is 1. The molecule has 9 nitrogen and oxygen atoms in total. The Balaban J connectivity index is 1.58. The van der Waals surface area contributed by atoms with Gasteiger partial charge in [0, 0.05) is 12.5 Å². The maximum absolute atomic E-state index is 11.4. The highest BCUT2D eigenvalue weighted by Crippen LogP contribution is 2.26. The van der Waals surface area contributed by atoms with Gasteiger partial charge in [0.1, 0.15) is 5.01 Å². The Morgan fingerprint density at radius 2 is 1.81 bits per heavy atom. The van der Waals surface area contributed by atoms with Crippen molar-refractivity contribution < 1.29 is 19.1 Å². The van der Waals surface area contributed by atoms with Gasteiger partial charge < -0.3 is 9.52 Å². The summed E-state index contributed by atoms with van der Waals surface area (Å²) in [5.41, 5.74) is 2.12. The Morgan fingerprint density at radius 3 is 2.50 bits per heavy atom. The summed E-state index contributed by atoms with van der Waals surface area (Å²) in [4.78, 5) is 27.5. The highest BCUT2D eigenvalue weighted by molar-refractivity contribution is 7.08. The van der Waals surface area contributed by atoms with Gasteiger partial charge in [-0.15, -0.1) is 10.2 Å². The number of rotatable bonds is 6. The molecule has 2 aromatic heterocycles. The minimum atomic E-state index is -1.06. The third kappa shape index (κ3) is 4.54. The van der Waals surface area contributed by atoms with Crippen molar-refractivity contribution in [1.29, 1.82) is 0 Å². The molecule has 162 valence electrons. The first-order valence-corrected chi connectivity index (χ1v) is 10.6. The van der Waals surface area contributed by atoms with Crippen LogP contribution in [0.3, 0.4) is 0 Å². The lowest BCUT2D eigenvalue weighted by Crippen LogP contribution is -2.18. The first-order chi connectivity index (χ1) is 15.4. The number of aromatic nitrogens is 4. The van der Waals surface area contributed by atoms with Crippen LogP contribution in [0.4, 0.5) is 0 Å². The van der Waals surface area contributed by atoms with E-state index in [4.69, 9.17) is 4.42 Å². The van der Waals surface area contributed by atoms with Crippen LogP contribution in [0, 0.1) is 0 Å². The number of benzene rings is 2. The highest BCUT2D eigenvalue weighted by Gasteiger charge is 2.17. The first-order valence-electron chi connectivity index (χ1n) is 9.82. The predicted molar refractivity (Wildman–Crippen MR) is 117 cm³/mol. The molecule has 32 heavy (non-hydrogen) atoms. The van der Waals surface area contributed by atoms with Crippen molar-refractivity contribution in [3.8, 4) is 22.9 Å². The van der Waals surface area contributed by atoms with Crippen LogP contribution >= 0.6 is 11.3 Å². The van der Waals surface area contributed by atoms with Crippen LogP contribution in [0.15, 0.2) is 57.9 Å². The number of aryl methyl sites for hydroxylation is 1. The lowest BCUT2D eigenvalue weighted by atomic mass is 10.1. The molecule has 1 N–H and O–H groups in total. The topological polar surface area (TPSA) is 123 Å². The van der Waals surface area contributed by atoms with E-state index in [-0.39, 0.29) is 23.3 Å². The Kier molecular flexibility index (Phi) is 6.04. The zero-order valence-corrected chi connectivity index (χ0v) is 18.2. The molecule has 10 heteroatoms. The fourth-order valence-corrected chi connectivity index (χ4v) is 3.93. The van der Waals surface area contributed by atoms with E-state index in [9.17, 15) is 14.7 Å². The second-order valence-electron chi connectivity index (χ2n) is 6.88. The highest BCUT2D eigenvalue weighted by atomic mass is 32.1. The van der Waals surface area contributed by atoms with Crippen LogP contribution in [-0.2, 0) is 17.8 Å². The standard InChI is InChI=1S/C22H19N5O4S/c1-3-18-26-27(22(32-18)23-13(2)28)12-14-8-10-15(11-9-14)19-24-25-20(31-19)16-6-4-5-7-17(16)21(29)30/h4-11H,3,12H2,1-2H3,(H,29,30). The molecule has 0 fully saturated rings. The SMILES string of the molecule is CCc1nn(Cc2ccc(-c3nnc(-c4ccccc4C(=O)O)o3)cc2)c(=NC(C)=O)s1. The van der Waals surface area contributed by atoms with Crippen LogP contribution in [0.1, 0.15) is 34.8 Å². The van der Waals surface area contributed by atoms with Gasteiger partial charge in [0.25, 0.3) is 0 Å². The van der Waals surface area contributed by atoms with Crippen molar-refractivity contribution in [2.45, 2.75) is 26.8 Å². The number of nitrogens with zero attached hydrogens (tertiary/aromatic N) is 5. The largest absolute Gasteiger partial charge is 0.478 e. The summed E-state index contributed by atoms with van der Waals surface area (Å²) in [5, 5.41) is 22.9. The molecular weight excluding hydrogens is 430 g/mol. The number of carbonyl (C=O) groups is 2. The zero-order valence-electron chi connectivity index (χ0n) is 17.3. The lowest BCUT2D eigenvalue weighted by molar-refractivity contribution is -0.116. The van der Waals surface area contributed by atoms with Gasteiger partial charge in [0.2, 0.25) is 22.5 Å². The maximum Gasteiger partial charge on any atom is 0.336 e. The summed E-state index contributed by atoms with van der Waals surface area (Å²) >= 11 is 1.40. The Labute approximate surface area is 186 Å². The molecule has 0 bridgehead atoms. The zero-order chi connectivity index (χ0) is 22.7. The number of aromatic carboxylic acids is 1.